The van der Waals surface area contributed by atoms with Crippen LogP contribution >= 0.6 is 0 Å². The Labute approximate surface area is 113 Å². The second-order valence-electron chi connectivity index (χ2n) is 3.80. The summed E-state index contributed by atoms with van der Waals surface area (Å²) in [7, 11) is 0. The van der Waals surface area contributed by atoms with Crippen molar-refractivity contribution in [1.29, 1.82) is 0 Å². The Kier molecular flexibility index (Phi) is 3.75. The van der Waals surface area contributed by atoms with E-state index in [0.717, 1.165) is 5.12 Å². The molecular weight excluding hydrogens is 264 g/mol. The zero-order valence-corrected chi connectivity index (χ0v) is 10.2. The van der Waals surface area contributed by atoms with Crippen molar-refractivity contribution in [2.45, 2.75) is 0 Å². The first kappa shape index (κ1) is 13.3. The van der Waals surface area contributed by atoms with Crippen molar-refractivity contribution in [2.75, 3.05) is 10.5 Å². The van der Waals surface area contributed by atoms with Gasteiger partial charge in [-0.25, -0.2) is 15.5 Å². The van der Waals surface area contributed by atoms with Crippen molar-refractivity contribution in [2.24, 2.45) is 0 Å². The first-order valence-electron chi connectivity index (χ1n) is 5.58. The Balaban J connectivity index is 2.21. The van der Waals surface area contributed by atoms with E-state index in [1.807, 2.05) is 0 Å². The maximum Gasteiger partial charge on any atom is 0.269 e. The Morgan fingerprint density at radius 3 is 2.00 bits per heavy atom. The Hall–Kier alpha value is -3.16. The van der Waals surface area contributed by atoms with E-state index in [9.17, 15) is 20.2 Å². The van der Waals surface area contributed by atoms with Gasteiger partial charge in [-0.3, -0.25) is 10.1 Å². The summed E-state index contributed by atoms with van der Waals surface area (Å²) in [6.45, 7) is 0. The van der Waals surface area contributed by atoms with E-state index in [4.69, 9.17) is 0 Å². The average molecular weight is 274 g/mol. The number of non-ortho nitro benzene ring substituents is 1. The number of nitrogens with one attached hydrogen (secondary N) is 1. The molecule has 0 unspecified atom stereocenters. The van der Waals surface area contributed by atoms with E-state index in [1.165, 1.54) is 24.3 Å². The lowest BCUT2D eigenvalue weighted by atomic mass is 10.3. The lowest BCUT2D eigenvalue weighted by molar-refractivity contribution is -0.490. The fraction of sp³-hybridized carbons (Fsp3) is 0. The molecular formula is C12H10N4O4. The minimum absolute atomic E-state index is 0.0806. The van der Waals surface area contributed by atoms with E-state index in [2.05, 4.69) is 5.43 Å². The molecule has 0 heterocycles. The van der Waals surface area contributed by atoms with E-state index < -0.39 is 9.96 Å². The molecule has 20 heavy (non-hydrogen) atoms. The lowest BCUT2D eigenvalue weighted by Crippen LogP contribution is -2.35. The van der Waals surface area contributed by atoms with Gasteiger partial charge >= 0.3 is 0 Å². The number of nitro groups is 2. The smallest absolute Gasteiger partial charge is 0.258 e. The molecule has 0 saturated heterocycles. The van der Waals surface area contributed by atoms with Gasteiger partial charge in [0.15, 0.2) is 5.03 Å². The number of para-hydroxylation sites is 1. The van der Waals surface area contributed by atoms with Crippen LogP contribution in [0.2, 0.25) is 0 Å². The van der Waals surface area contributed by atoms with Crippen LogP contribution in [0.5, 0.6) is 0 Å². The molecule has 8 nitrogen and oxygen atoms in total. The average Bonchev–Trinajstić information content (AvgIpc) is 2.46. The van der Waals surface area contributed by atoms with Crippen LogP contribution < -0.4 is 10.5 Å². The van der Waals surface area contributed by atoms with Crippen LogP contribution in [0.25, 0.3) is 0 Å². The molecule has 2 rings (SSSR count). The summed E-state index contributed by atoms with van der Waals surface area (Å²) in [5.41, 5.74) is 3.21. The molecule has 0 fully saturated rings. The molecule has 0 bridgehead atoms. The number of hydrogen-bond acceptors (Lipinski definition) is 5. The standard InChI is InChI=1S/C12H10N4O4/c17-15(18)12-8-6-10(7-9-12)13-14(16(19)20)11-4-2-1-3-5-11/h1-9,13H. The van der Waals surface area contributed by atoms with Crippen molar-refractivity contribution >= 4 is 17.1 Å². The monoisotopic (exact) mass is 274 g/mol. The first-order chi connectivity index (χ1) is 9.58. The highest BCUT2D eigenvalue weighted by molar-refractivity contribution is 5.54. The lowest BCUT2D eigenvalue weighted by Gasteiger charge is -2.15. The van der Waals surface area contributed by atoms with Crippen LogP contribution in [0.1, 0.15) is 0 Å². The highest BCUT2D eigenvalue weighted by Crippen LogP contribution is 2.19. The van der Waals surface area contributed by atoms with Crippen molar-refractivity contribution < 1.29 is 9.96 Å². The molecule has 0 aliphatic rings. The van der Waals surface area contributed by atoms with Gasteiger partial charge in [0.2, 0.25) is 0 Å². The summed E-state index contributed by atoms with van der Waals surface area (Å²) in [4.78, 5) is 21.0. The van der Waals surface area contributed by atoms with Gasteiger partial charge in [0.25, 0.3) is 5.69 Å². The summed E-state index contributed by atoms with van der Waals surface area (Å²) in [6, 6.07) is 13.6. The Bertz CT molecular complexity index is 615. The minimum atomic E-state index is -0.614. The van der Waals surface area contributed by atoms with Crippen LogP contribution in [-0.2, 0) is 0 Å². The molecule has 0 amide bonds. The van der Waals surface area contributed by atoms with Gasteiger partial charge in [-0.15, -0.1) is 0 Å². The van der Waals surface area contributed by atoms with Gasteiger partial charge in [0.1, 0.15) is 5.69 Å². The number of anilines is 2. The molecule has 0 spiro atoms. The molecule has 1 N–H and O–H groups in total. The summed E-state index contributed by atoms with van der Waals surface area (Å²) >= 11 is 0. The quantitative estimate of drug-likeness (QED) is 0.664. The number of rotatable bonds is 5. The molecule has 8 heteroatoms. The molecule has 0 radical (unpaired) electrons. The van der Waals surface area contributed by atoms with E-state index in [-0.39, 0.29) is 5.69 Å². The SMILES string of the molecule is O=[N+]([O-])c1ccc(NN(c2ccccc2)[N+](=O)[O-])cc1. The van der Waals surface area contributed by atoms with Crippen molar-refractivity contribution in [1.82, 2.24) is 0 Å². The van der Waals surface area contributed by atoms with Gasteiger partial charge in [-0.05, 0) is 24.3 Å². The highest BCUT2D eigenvalue weighted by atomic mass is 16.7. The van der Waals surface area contributed by atoms with Crippen LogP contribution in [-0.4, -0.2) is 9.96 Å². The van der Waals surface area contributed by atoms with E-state index in [0.29, 0.717) is 11.4 Å². The largest absolute Gasteiger partial charge is 0.269 e. The zero-order chi connectivity index (χ0) is 14.5. The molecule has 102 valence electrons. The number of hydrazine groups is 2. The van der Waals surface area contributed by atoms with Gasteiger partial charge in [0, 0.05) is 17.3 Å². The molecule has 0 aliphatic carbocycles. The first-order valence-corrected chi connectivity index (χ1v) is 5.58. The number of hydrogen-bond donors (Lipinski definition) is 1. The normalized spacial score (nSPS) is 9.80. The third-order valence-electron chi connectivity index (χ3n) is 2.48. The fourth-order valence-corrected chi connectivity index (χ4v) is 1.55. The Morgan fingerprint density at radius 1 is 0.900 bits per heavy atom. The van der Waals surface area contributed by atoms with Crippen LogP contribution in [0.15, 0.2) is 54.6 Å². The predicted octanol–water partition coefficient (Wildman–Crippen LogP) is 2.62. The summed E-state index contributed by atoms with van der Waals surface area (Å²) in [5.74, 6) is 0. The Morgan fingerprint density at radius 2 is 1.50 bits per heavy atom. The van der Waals surface area contributed by atoms with Gasteiger partial charge in [-0.2, -0.15) is 0 Å². The fourth-order valence-electron chi connectivity index (χ4n) is 1.55. The summed E-state index contributed by atoms with van der Waals surface area (Å²) < 4.78 is 0. The molecule has 0 atom stereocenters. The van der Waals surface area contributed by atoms with Crippen LogP contribution in [0.3, 0.4) is 0 Å². The highest BCUT2D eigenvalue weighted by Gasteiger charge is 2.17. The van der Waals surface area contributed by atoms with Crippen molar-refractivity contribution in [3.05, 3.63) is 74.8 Å². The molecule has 0 saturated carbocycles. The summed E-state index contributed by atoms with van der Waals surface area (Å²) in [6.07, 6.45) is 0. The second-order valence-corrected chi connectivity index (χ2v) is 3.80. The predicted molar refractivity (Wildman–Crippen MR) is 72.6 cm³/mol. The minimum Gasteiger partial charge on any atom is -0.258 e. The van der Waals surface area contributed by atoms with Gasteiger partial charge < -0.3 is 0 Å². The molecule has 0 aromatic heterocycles. The second kappa shape index (κ2) is 5.65. The molecule has 2 aromatic rings. The number of nitro benzene ring substituents is 1. The van der Waals surface area contributed by atoms with Crippen molar-refractivity contribution in [3.63, 3.8) is 0 Å². The topological polar surface area (TPSA) is 102 Å². The maximum atomic E-state index is 11.0. The molecule has 2 aromatic carbocycles. The van der Waals surface area contributed by atoms with Crippen LogP contribution in [0, 0.1) is 20.2 Å². The van der Waals surface area contributed by atoms with Crippen molar-refractivity contribution in [3.8, 4) is 0 Å². The van der Waals surface area contributed by atoms with E-state index >= 15 is 0 Å². The zero-order valence-electron chi connectivity index (χ0n) is 10.2. The summed E-state index contributed by atoms with van der Waals surface area (Å²) in [5, 5.41) is 21.7. The van der Waals surface area contributed by atoms with Gasteiger partial charge in [-0.1, -0.05) is 18.2 Å². The number of benzene rings is 2. The molecule has 0 aliphatic heterocycles. The van der Waals surface area contributed by atoms with Crippen LogP contribution in [0.4, 0.5) is 17.1 Å². The number of nitrogens with zero attached hydrogens (tertiary/aromatic N) is 3. The van der Waals surface area contributed by atoms with E-state index in [1.54, 1.807) is 30.3 Å². The maximum absolute atomic E-state index is 11.0. The third-order valence-corrected chi connectivity index (χ3v) is 2.48. The van der Waals surface area contributed by atoms with Gasteiger partial charge in [0.05, 0.1) is 10.6 Å². The third kappa shape index (κ3) is 2.99.